The Morgan fingerprint density at radius 3 is 2.57 bits per heavy atom. The molecule has 0 saturated carbocycles. The van der Waals surface area contributed by atoms with Crippen LogP contribution in [0.3, 0.4) is 0 Å². The monoisotopic (exact) mass is 710 g/mol. The molecule has 1 aliphatic heterocycles. The first-order valence-electron chi connectivity index (χ1n) is 15.3. The number of carbonyl (C=O) groups excluding carboxylic acids is 3. The molecule has 1 saturated heterocycles. The largest absolute Gasteiger partial charge is 0.464 e. The number of nitrogens with zero attached hydrogens (tertiary/aromatic N) is 5. The van der Waals surface area contributed by atoms with Crippen LogP contribution in [0, 0.1) is 12.3 Å². The van der Waals surface area contributed by atoms with E-state index in [1.54, 1.807) is 17.8 Å². The topological polar surface area (TPSA) is 166 Å². The van der Waals surface area contributed by atoms with E-state index in [1.807, 2.05) is 44.2 Å². The van der Waals surface area contributed by atoms with Crippen LogP contribution >= 0.6 is 22.9 Å². The predicted molar refractivity (Wildman–Crippen MR) is 178 cm³/mol. The van der Waals surface area contributed by atoms with E-state index in [0.29, 0.717) is 16.9 Å². The summed E-state index contributed by atoms with van der Waals surface area (Å²) in [5.41, 5.74) is -1.01. The molecule has 4 heterocycles. The van der Waals surface area contributed by atoms with Gasteiger partial charge in [0.1, 0.15) is 11.9 Å². The third-order valence-corrected chi connectivity index (χ3v) is 8.37. The van der Waals surface area contributed by atoms with Crippen LogP contribution in [0.1, 0.15) is 52.1 Å². The van der Waals surface area contributed by atoms with Crippen molar-refractivity contribution in [1.29, 1.82) is 0 Å². The lowest BCUT2D eigenvalue weighted by atomic mass is 9.90. The number of anilines is 1. The molecule has 0 aliphatic carbocycles. The molecular formula is C33H35ClN6O8S. The number of benzene rings is 1. The minimum absolute atomic E-state index is 0.0121. The molecule has 5 rings (SSSR count). The summed E-state index contributed by atoms with van der Waals surface area (Å²) in [5, 5.41) is 9.76. The van der Waals surface area contributed by atoms with E-state index in [2.05, 4.69) is 31.3 Å². The summed E-state index contributed by atoms with van der Waals surface area (Å²) >= 11 is 7.58. The molecule has 14 nitrogen and oxygen atoms in total. The normalized spacial score (nSPS) is 21.6. The van der Waals surface area contributed by atoms with Gasteiger partial charge < -0.3 is 29.0 Å². The fourth-order valence-corrected chi connectivity index (χ4v) is 6.44. The lowest BCUT2D eigenvalue weighted by Crippen LogP contribution is -2.54. The van der Waals surface area contributed by atoms with Crippen molar-refractivity contribution in [3.05, 3.63) is 64.0 Å². The van der Waals surface area contributed by atoms with E-state index < -0.39 is 54.2 Å². The van der Waals surface area contributed by atoms with E-state index >= 15 is 0 Å². The molecule has 1 unspecified atom stereocenters. The van der Waals surface area contributed by atoms with Gasteiger partial charge in [-0.1, -0.05) is 36.3 Å². The number of rotatable bonds is 13. The Labute approximate surface area is 291 Å². The van der Waals surface area contributed by atoms with Gasteiger partial charge in [-0.3, -0.25) is 9.59 Å². The highest BCUT2D eigenvalue weighted by atomic mass is 35.5. The number of thiazole rings is 1. The molecule has 1 fully saturated rings. The molecule has 0 bridgehead atoms. The number of ether oxygens (including phenoxy) is 5. The Morgan fingerprint density at radius 2 is 1.96 bits per heavy atom. The van der Waals surface area contributed by atoms with Crippen molar-refractivity contribution in [2.75, 3.05) is 18.5 Å². The molecule has 1 aromatic carbocycles. The molecule has 4 aromatic rings. The molecule has 1 aliphatic rings. The summed E-state index contributed by atoms with van der Waals surface area (Å²) in [5.74, 6) is 0.681. The first-order valence-corrected chi connectivity index (χ1v) is 16.7. The molecule has 0 spiro atoms. The molecular weight excluding hydrogens is 676 g/mol. The van der Waals surface area contributed by atoms with E-state index in [1.165, 1.54) is 29.1 Å². The van der Waals surface area contributed by atoms with Gasteiger partial charge in [-0.2, -0.15) is 15.1 Å². The number of halogens is 1. The predicted octanol–water partition coefficient (Wildman–Crippen LogP) is 4.24. The molecule has 0 amide bonds. The van der Waals surface area contributed by atoms with Crippen molar-refractivity contribution in [3.8, 4) is 12.3 Å². The average molecular weight is 711 g/mol. The number of esters is 3. The quantitative estimate of drug-likeness (QED) is 0.0907. The van der Waals surface area contributed by atoms with Crippen LogP contribution in [0.5, 0.6) is 0 Å². The number of hydrogen-bond acceptors (Lipinski definition) is 14. The molecule has 0 radical (unpaired) electrons. The molecule has 3 aromatic heterocycles. The van der Waals surface area contributed by atoms with Gasteiger partial charge in [0.2, 0.25) is 22.6 Å². The Balaban J connectivity index is 1.63. The second kappa shape index (κ2) is 14.9. The van der Waals surface area contributed by atoms with Gasteiger partial charge in [0.05, 0.1) is 36.0 Å². The molecule has 1 N–H and O–H groups in total. The van der Waals surface area contributed by atoms with Gasteiger partial charge in [-0.25, -0.2) is 14.5 Å². The highest BCUT2D eigenvalue weighted by Gasteiger charge is 2.63. The standard InChI is InChI=1S/C33H35ClN6O8S/c1-7-32(48-21(6)42)25(16-45-33(30(43)44-8-2,24-17-49-18-35-24)14-22-12-10-9-11-13-22)47-29(26(32)46-20(5)41)40-28-23(15-36-40)27(37-19(3)4)38-31(34)39-28/h1,9-13,15,17-19,25-26,29H,8,14,16H2,2-6H3,(H,37,38,39)/t25-,26+,29-,32-,33?/m1/s1. The first-order chi connectivity index (χ1) is 23.4. The zero-order valence-electron chi connectivity index (χ0n) is 27.4. The summed E-state index contributed by atoms with van der Waals surface area (Å²) in [7, 11) is 0. The Morgan fingerprint density at radius 1 is 1.20 bits per heavy atom. The molecule has 16 heteroatoms. The van der Waals surface area contributed by atoms with E-state index in [9.17, 15) is 14.4 Å². The van der Waals surface area contributed by atoms with Crippen LogP contribution in [0.2, 0.25) is 5.28 Å². The zero-order chi connectivity index (χ0) is 35.3. The van der Waals surface area contributed by atoms with Crippen LogP contribution in [-0.2, 0) is 50.1 Å². The van der Waals surface area contributed by atoms with Gasteiger partial charge in [-0.15, -0.1) is 17.8 Å². The van der Waals surface area contributed by atoms with Crippen molar-refractivity contribution in [2.45, 2.75) is 76.7 Å². The maximum atomic E-state index is 13.9. The van der Waals surface area contributed by atoms with Crippen LogP contribution in [0.4, 0.5) is 5.82 Å². The Kier molecular flexibility index (Phi) is 10.8. The number of nitrogens with one attached hydrogen (secondary N) is 1. The average Bonchev–Trinajstić information content (AvgIpc) is 3.79. The van der Waals surface area contributed by atoms with Gasteiger partial charge in [-0.05, 0) is 37.9 Å². The summed E-state index contributed by atoms with van der Waals surface area (Å²) < 4.78 is 31.4. The smallest absolute Gasteiger partial charge is 0.345 e. The van der Waals surface area contributed by atoms with Gasteiger partial charge in [0.25, 0.3) is 0 Å². The highest BCUT2D eigenvalue weighted by Crippen LogP contribution is 2.44. The van der Waals surface area contributed by atoms with Gasteiger partial charge in [0, 0.05) is 31.7 Å². The number of hydrogen-bond donors (Lipinski definition) is 1. The van der Waals surface area contributed by atoms with Crippen molar-refractivity contribution in [1.82, 2.24) is 24.7 Å². The summed E-state index contributed by atoms with van der Waals surface area (Å²) in [6.45, 7) is 7.46. The fraction of sp³-hybridized carbons (Fsp3) is 0.424. The Hall–Kier alpha value is -4.62. The number of terminal acetylenes is 1. The van der Waals surface area contributed by atoms with E-state index in [4.69, 9.17) is 41.7 Å². The second-order valence-corrected chi connectivity index (χ2v) is 12.5. The van der Waals surface area contributed by atoms with Gasteiger partial charge >= 0.3 is 17.9 Å². The van der Waals surface area contributed by atoms with E-state index in [-0.39, 0.29) is 30.0 Å². The second-order valence-electron chi connectivity index (χ2n) is 11.4. The van der Waals surface area contributed by atoms with Gasteiger partial charge in [0.15, 0.2) is 11.9 Å². The molecule has 49 heavy (non-hydrogen) atoms. The Bertz CT molecular complexity index is 1850. The fourth-order valence-electron chi connectivity index (χ4n) is 5.66. The molecule has 5 atom stereocenters. The van der Waals surface area contributed by atoms with Crippen molar-refractivity contribution in [3.63, 3.8) is 0 Å². The minimum atomic E-state index is -2.06. The number of fused-ring (bicyclic) bond motifs is 1. The SMILES string of the molecule is C#C[C@@]1(OC(C)=O)[C@@H](COC(Cc2ccccc2)(C(=O)OCC)c2cscn2)O[C@@H](n2ncc3c(NC(C)C)nc(Cl)nc32)[C@@H]1OC(C)=O. The first kappa shape index (κ1) is 35.7. The van der Waals surface area contributed by atoms with E-state index in [0.717, 1.165) is 12.5 Å². The zero-order valence-corrected chi connectivity index (χ0v) is 29.0. The lowest BCUT2D eigenvalue weighted by molar-refractivity contribution is -0.190. The van der Waals surface area contributed by atoms with Crippen LogP contribution in [0.15, 0.2) is 47.4 Å². The van der Waals surface area contributed by atoms with Crippen molar-refractivity contribution in [2.24, 2.45) is 0 Å². The summed E-state index contributed by atoms with van der Waals surface area (Å²) in [4.78, 5) is 52.2. The third kappa shape index (κ3) is 7.23. The summed E-state index contributed by atoms with van der Waals surface area (Å²) in [6, 6.07) is 9.17. The maximum absolute atomic E-state index is 13.9. The summed E-state index contributed by atoms with van der Waals surface area (Å²) in [6.07, 6.45) is 3.54. The lowest BCUT2D eigenvalue weighted by Gasteiger charge is -2.35. The van der Waals surface area contributed by atoms with Crippen molar-refractivity contribution < 1.29 is 38.1 Å². The highest BCUT2D eigenvalue weighted by molar-refractivity contribution is 7.07. The van der Waals surface area contributed by atoms with Crippen LogP contribution < -0.4 is 5.32 Å². The third-order valence-electron chi connectivity index (χ3n) is 7.62. The number of aromatic nitrogens is 5. The van der Waals surface area contributed by atoms with Crippen molar-refractivity contribution >= 4 is 57.7 Å². The maximum Gasteiger partial charge on any atom is 0.345 e. The minimum Gasteiger partial charge on any atom is -0.464 e. The van der Waals surface area contributed by atoms with Crippen LogP contribution in [-0.4, -0.2) is 79.7 Å². The molecule has 258 valence electrons. The number of carbonyl (C=O) groups is 3. The van der Waals surface area contributed by atoms with Crippen LogP contribution in [0.25, 0.3) is 11.0 Å².